The second kappa shape index (κ2) is 8.82. The van der Waals surface area contributed by atoms with Crippen molar-refractivity contribution < 1.29 is 19.4 Å². The largest absolute Gasteiger partial charge is 0.507 e. The molecule has 0 bridgehead atoms. The lowest BCUT2D eigenvalue weighted by Gasteiger charge is -2.26. The van der Waals surface area contributed by atoms with Gasteiger partial charge in [-0.1, -0.05) is 63.2 Å². The van der Waals surface area contributed by atoms with Gasteiger partial charge in [0.15, 0.2) is 0 Å². The van der Waals surface area contributed by atoms with Crippen molar-refractivity contribution in [1.29, 1.82) is 0 Å². The zero-order valence-corrected chi connectivity index (χ0v) is 20.1. The predicted molar refractivity (Wildman–Crippen MR) is 134 cm³/mol. The first kappa shape index (κ1) is 23.3. The highest BCUT2D eigenvalue weighted by Gasteiger charge is 2.47. The number of amides is 1. The first-order chi connectivity index (χ1) is 16.1. The third-order valence-corrected chi connectivity index (χ3v) is 6.27. The van der Waals surface area contributed by atoms with Crippen molar-refractivity contribution in [2.45, 2.75) is 39.2 Å². The van der Waals surface area contributed by atoms with E-state index in [4.69, 9.17) is 4.74 Å². The minimum Gasteiger partial charge on any atom is -0.507 e. The summed E-state index contributed by atoms with van der Waals surface area (Å²) in [7, 11) is 1.58. The molecule has 0 spiro atoms. The fourth-order valence-electron chi connectivity index (χ4n) is 4.28. The summed E-state index contributed by atoms with van der Waals surface area (Å²) in [6.07, 6.45) is 0. The van der Waals surface area contributed by atoms with E-state index in [1.54, 1.807) is 31.4 Å². The highest BCUT2D eigenvalue weighted by molar-refractivity contribution is 6.51. The molecule has 0 saturated carbocycles. The van der Waals surface area contributed by atoms with Crippen LogP contribution in [0.3, 0.4) is 0 Å². The van der Waals surface area contributed by atoms with Gasteiger partial charge in [-0.25, -0.2) is 0 Å². The summed E-state index contributed by atoms with van der Waals surface area (Å²) < 4.78 is 5.28. The molecule has 1 aliphatic rings. The standard InChI is InChI=1S/C29H29NO4/c1-18-11-14-20(29(2,3)4)17-23(18)26(31)24-25(19-12-15-22(34-5)16-13-19)30(28(33)27(24)32)21-9-7-6-8-10-21/h6-17,25,31H,1-5H3/b26-24+. The molecule has 1 amide bonds. The molecule has 5 nitrogen and oxygen atoms in total. The van der Waals surface area contributed by atoms with Crippen LogP contribution in [-0.2, 0) is 15.0 Å². The second-order valence-corrected chi connectivity index (χ2v) is 9.56. The highest BCUT2D eigenvalue weighted by atomic mass is 16.5. The predicted octanol–water partition coefficient (Wildman–Crippen LogP) is 5.93. The maximum atomic E-state index is 13.4. The number of Topliss-reactive ketones (excluding diaryl/α,β-unsaturated/α-hetero) is 1. The Bertz CT molecular complexity index is 1270. The number of anilines is 1. The van der Waals surface area contributed by atoms with Crippen molar-refractivity contribution in [3.63, 3.8) is 0 Å². The normalized spacial score (nSPS) is 17.8. The number of aryl methyl sites for hydroxylation is 1. The van der Waals surface area contributed by atoms with Crippen LogP contribution < -0.4 is 9.64 Å². The Hall–Kier alpha value is -3.86. The average molecular weight is 456 g/mol. The van der Waals surface area contributed by atoms with E-state index in [1.807, 2.05) is 55.5 Å². The average Bonchev–Trinajstić information content (AvgIpc) is 3.09. The molecule has 0 aromatic heterocycles. The number of rotatable bonds is 4. The third-order valence-electron chi connectivity index (χ3n) is 6.27. The van der Waals surface area contributed by atoms with Gasteiger partial charge in [0.2, 0.25) is 0 Å². The Labute approximate surface area is 200 Å². The summed E-state index contributed by atoms with van der Waals surface area (Å²) >= 11 is 0. The van der Waals surface area contributed by atoms with Gasteiger partial charge in [-0.05, 0) is 59.4 Å². The van der Waals surface area contributed by atoms with Crippen molar-refractivity contribution >= 4 is 23.1 Å². The number of ketones is 1. The van der Waals surface area contributed by atoms with Crippen LogP contribution in [0.2, 0.25) is 0 Å². The van der Waals surface area contributed by atoms with Gasteiger partial charge < -0.3 is 9.84 Å². The van der Waals surface area contributed by atoms with Crippen molar-refractivity contribution in [2.24, 2.45) is 0 Å². The summed E-state index contributed by atoms with van der Waals surface area (Å²) in [4.78, 5) is 28.1. The molecule has 4 rings (SSSR count). The van der Waals surface area contributed by atoms with Gasteiger partial charge in [0.25, 0.3) is 11.7 Å². The second-order valence-electron chi connectivity index (χ2n) is 9.56. The molecule has 174 valence electrons. The van der Waals surface area contributed by atoms with Crippen molar-refractivity contribution in [3.05, 3.63) is 101 Å². The number of benzene rings is 3. The first-order valence-electron chi connectivity index (χ1n) is 11.2. The molecule has 0 aliphatic carbocycles. The third kappa shape index (κ3) is 4.10. The Balaban J connectivity index is 1.96. The van der Waals surface area contributed by atoms with E-state index < -0.39 is 17.7 Å². The van der Waals surface area contributed by atoms with Gasteiger partial charge in [-0.3, -0.25) is 14.5 Å². The van der Waals surface area contributed by atoms with Gasteiger partial charge in [-0.15, -0.1) is 0 Å². The van der Waals surface area contributed by atoms with E-state index in [9.17, 15) is 14.7 Å². The van der Waals surface area contributed by atoms with Gasteiger partial charge in [0.1, 0.15) is 11.5 Å². The molecule has 1 aliphatic heterocycles. The summed E-state index contributed by atoms with van der Waals surface area (Å²) in [5.41, 5.74) is 3.63. The van der Waals surface area contributed by atoms with Gasteiger partial charge >= 0.3 is 0 Å². The topological polar surface area (TPSA) is 66.8 Å². The summed E-state index contributed by atoms with van der Waals surface area (Å²) in [6, 6.07) is 21.3. The van der Waals surface area contributed by atoms with Crippen LogP contribution in [0.1, 0.15) is 49.1 Å². The zero-order chi connectivity index (χ0) is 24.6. The summed E-state index contributed by atoms with van der Waals surface area (Å²) in [5, 5.41) is 11.5. The van der Waals surface area contributed by atoms with E-state index in [0.29, 0.717) is 22.6 Å². The summed E-state index contributed by atoms with van der Waals surface area (Å²) in [5.74, 6) is -0.878. The van der Waals surface area contributed by atoms with E-state index in [2.05, 4.69) is 20.8 Å². The lowest BCUT2D eigenvalue weighted by atomic mass is 9.84. The fourth-order valence-corrected chi connectivity index (χ4v) is 4.28. The minimum atomic E-state index is -0.772. The molecular weight excluding hydrogens is 426 g/mol. The fraction of sp³-hybridized carbons (Fsp3) is 0.241. The van der Waals surface area contributed by atoms with Crippen LogP contribution in [0.15, 0.2) is 78.4 Å². The lowest BCUT2D eigenvalue weighted by Crippen LogP contribution is -2.29. The number of nitrogens with zero attached hydrogens (tertiary/aromatic N) is 1. The van der Waals surface area contributed by atoms with Crippen LogP contribution >= 0.6 is 0 Å². The first-order valence-corrected chi connectivity index (χ1v) is 11.2. The molecule has 34 heavy (non-hydrogen) atoms. The van der Waals surface area contributed by atoms with Crippen LogP contribution in [0.4, 0.5) is 5.69 Å². The molecular formula is C29H29NO4. The quantitative estimate of drug-likeness (QED) is 0.301. The van der Waals surface area contributed by atoms with E-state index >= 15 is 0 Å². The maximum absolute atomic E-state index is 13.4. The highest BCUT2D eigenvalue weighted by Crippen LogP contribution is 2.43. The van der Waals surface area contributed by atoms with E-state index in [1.165, 1.54) is 4.90 Å². The Morgan fingerprint density at radius 2 is 1.59 bits per heavy atom. The number of methoxy groups -OCH3 is 1. The number of hydrogen-bond acceptors (Lipinski definition) is 4. The summed E-state index contributed by atoms with van der Waals surface area (Å²) in [6.45, 7) is 8.16. The van der Waals surface area contributed by atoms with Crippen LogP contribution in [0.5, 0.6) is 5.75 Å². The number of ether oxygens (including phenoxy) is 1. The van der Waals surface area contributed by atoms with Gasteiger partial charge in [0, 0.05) is 11.3 Å². The maximum Gasteiger partial charge on any atom is 0.300 e. The van der Waals surface area contributed by atoms with Crippen molar-refractivity contribution in [1.82, 2.24) is 0 Å². The van der Waals surface area contributed by atoms with Gasteiger partial charge in [-0.2, -0.15) is 0 Å². The molecule has 1 atom stereocenters. The monoisotopic (exact) mass is 455 g/mol. The molecule has 1 unspecified atom stereocenters. The molecule has 1 saturated heterocycles. The number of aliphatic hydroxyl groups excluding tert-OH is 1. The van der Waals surface area contributed by atoms with Crippen LogP contribution in [-0.4, -0.2) is 23.9 Å². The Morgan fingerprint density at radius 3 is 2.18 bits per heavy atom. The molecule has 5 heteroatoms. The van der Waals surface area contributed by atoms with Crippen LogP contribution in [0.25, 0.3) is 5.76 Å². The number of carbonyl (C=O) groups excluding carboxylic acids is 2. The number of aliphatic hydroxyl groups is 1. The van der Waals surface area contributed by atoms with Crippen LogP contribution in [0, 0.1) is 6.92 Å². The van der Waals surface area contributed by atoms with E-state index in [-0.39, 0.29) is 16.7 Å². The molecule has 1 heterocycles. The molecule has 3 aromatic carbocycles. The zero-order valence-electron chi connectivity index (χ0n) is 20.1. The molecule has 3 aromatic rings. The minimum absolute atomic E-state index is 0.0770. The van der Waals surface area contributed by atoms with Crippen molar-refractivity contribution in [3.8, 4) is 5.75 Å². The Morgan fingerprint density at radius 1 is 0.941 bits per heavy atom. The smallest absolute Gasteiger partial charge is 0.300 e. The Kier molecular flexibility index (Phi) is 6.05. The number of hydrogen-bond donors (Lipinski definition) is 1. The van der Waals surface area contributed by atoms with E-state index in [0.717, 1.165) is 11.1 Å². The number of para-hydroxylation sites is 1. The lowest BCUT2D eigenvalue weighted by molar-refractivity contribution is -0.132. The molecule has 1 N–H and O–H groups in total. The van der Waals surface area contributed by atoms with Gasteiger partial charge in [0.05, 0.1) is 18.7 Å². The molecule has 1 fully saturated rings. The molecule has 0 radical (unpaired) electrons. The van der Waals surface area contributed by atoms with Crippen molar-refractivity contribution in [2.75, 3.05) is 12.0 Å². The number of carbonyl (C=O) groups is 2. The SMILES string of the molecule is COc1ccc(C2/C(=C(\O)c3cc(C(C)(C)C)ccc3C)C(=O)C(=O)N2c2ccccc2)cc1.